The van der Waals surface area contributed by atoms with Crippen LogP contribution in [-0.4, -0.2) is 70.7 Å². The van der Waals surface area contributed by atoms with Crippen LogP contribution in [0.3, 0.4) is 0 Å². The van der Waals surface area contributed by atoms with Gasteiger partial charge in [-0.2, -0.15) is 0 Å². The molecule has 0 saturated heterocycles. The molecule has 3 atom stereocenters. The number of ether oxygens (including phenoxy) is 3. The van der Waals surface area contributed by atoms with Gasteiger partial charge in [-0.3, -0.25) is 14.5 Å². The van der Waals surface area contributed by atoms with Gasteiger partial charge in [-0.05, 0) is 114 Å². The average molecular weight is 686 g/mol. The standard InChI is InChI=1S/C41H55N3O6/c1-27-20-34(48-26-30-16-12-11-13-17-30)21-28(2)35(27)23-36(43(10)39(47)50-41(7,8)9)37(45)44-25-32-19-15-14-18-31(32)22-33(44)24-42-29(3)38(46)49-40(4,5)6/h11-21,29,33,36,42H,22-26H2,1-10H3. The number of nitrogens with zero attached hydrogens (tertiary/aromatic N) is 2. The summed E-state index contributed by atoms with van der Waals surface area (Å²) in [6, 6.07) is 20.4. The second-order valence-electron chi connectivity index (χ2n) is 15.4. The first kappa shape index (κ1) is 38.4. The maximum absolute atomic E-state index is 14.9. The van der Waals surface area contributed by atoms with E-state index in [-0.39, 0.29) is 24.3 Å². The fraction of sp³-hybridized carbons (Fsp3) is 0.488. The van der Waals surface area contributed by atoms with Crippen molar-refractivity contribution in [3.05, 3.63) is 100 Å². The highest BCUT2D eigenvalue weighted by Crippen LogP contribution is 2.29. The quantitative estimate of drug-likeness (QED) is 0.219. The normalized spacial score (nSPS) is 15.8. The van der Waals surface area contributed by atoms with E-state index < -0.39 is 29.4 Å². The van der Waals surface area contributed by atoms with Gasteiger partial charge in [-0.15, -0.1) is 0 Å². The van der Waals surface area contributed by atoms with Crippen LogP contribution in [0, 0.1) is 13.8 Å². The monoisotopic (exact) mass is 685 g/mol. The van der Waals surface area contributed by atoms with Crippen molar-refractivity contribution in [3.8, 4) is 5.75 Å². The number of hydrogen-bond donors (Lipinski definition) is 1. The third-order valence-corrected chi connectivity index (χ3v) is 8.81. The molecule has 1 N–H and O–H groups in total. The van der Waals surface area contributed by atoms with Gasteiger partial charge in [-0.1, -0.05) is 54.6 Å². The molecule has 3 aromatic rings. The second-order valence-corrected chi connectivity index (χ2v) is 15.4. The van der Waals surface area contributed by atoms with Crippen molar-refractivity contribution in [2.45, 2.75) is 118 Å². The number of likely N-dealkylation sites (N-methyl/N-ethyl adjacent to an activating group) is 1. The molecular weight excluding hydrogens is 630 g/mol. The topological polar surface area (TPSA) is 97.4 Å². The molecule has 1 aliphatic rings. The summed E-state index contributed by atoms with van der Waals surface area (Å²) < 4.78 is 17.5. The Balaban J connectivity index is 1.64. The lowest BCUT2D eigenvalue weighted by Gasteiger charge is -2.41. The number of aryl methyl sites for hydroxylation is 2. The van der Waals surface area contributed by atoms with E-state index in [1.807, 2.05) is 121 Å². The van der Waals surface area contributed by atoms with E-state index in [0.717, 1.165) is 39.1 Å². The molecular formula is C41H55N3O6. The minimum Gasteiger partial charge on any atom is -0.489 e. The summed E-state index contributed by atoms with van der Waals surface area (Å²) in [7, 11) is 1.63. The molecule has 0 aromatic heterocycles. The first-order valence-electron chi connectivity index (χ1n) is 17.5. The van der Waals surface area contributed by atoms with E-state index in [0.29, 0.717) is 26.1 Å². The molecule has 0 fully saturated rings. The zero-order valence-corrected chi connectivity index (χ0v) is 31.5. The summed E-state index contributed by atoms with van der Waals surface area (Å²) in [5, 5.41) is 3.32. The van der Waals surface area contributed by atoms with Gasteiger partial charge in [0.1, 0.15) is 35.6 Å². The zero-order valence-electron chi connectivity index (χ0n) is 31.5. The summed E-state index contributed by atoms with van der Waals surface area (Å²) in [4.78, 5) is 44.5. The summed E-state index contributed by atoms with van der Waals surface area (Å²) in [5.74, 6) is 0.206. The Morgan fingerprint density at radius 2 is 1.46 bits per heavy atom. The van der Waals surface area contributed by atoms with Crippen molar-refractivity contribution in [3.63, 3.8) is 0 Å². The third kappa shape index (κ3) is 10.6. The lowest BCUT2D eigenvalue weighted by Crippen LogP contribution is -2.58. The highest BCUT2D eigenvalue weighted by Gasteiger charge is 2.39. The second kappa shape index (κ2) is 16.1. The minimum absolute atomic E-state index is 0.187. The predicted molar refractivity (Wildman–Crippen MR) is 196 cm³/mol. The first-order chi connectivity index (χ1) is 23.4. The van der Waals surface area contributed by atoms with E-state index in [2.05, 4.69) is 11.4 Å². The van der Waals surface area contributed by atoms with Crippen LogP contribution in [0.4, 0.5) is 4.79 Å². The summed E-state index contributed by atoms with van der Waals surface area (Å²) in [6.07, 6.45) is 0.321. The number of hydrogen-bond acceptors (Lipinski definition) is 7. The Kier molecular flexibility index (Phi) is 12.4. The molecule has 0 radical (unpaired) electrons. The van der Waals surface area contributed by atoms with Gasteiger partial charge in [-0.25, -0.2) is 4.79 Å². The number of fused-ring (bicyclic) bond motifs is 1. The maximum Gasteiger partial charge on any atom is 0.410 e. The highest BCUT2D eigenvalue weighted by atomic mass is 16.6. The molecule has 2 amide bonds. The molecule has 270 valence electrons. The fourth-order valence-corrected chi connectivity index (χ4v) is 6.15. The smallest absolute Gasteiger partial charge is 0.410 e. The van der Waals surface area contributed by atoms with E-state index in [1.54, 1.807) is 14.0 Å². The van der Waals surface area contributed by atoms with Crippen LogP contribution >= 0.6 is 0 Å². The molecule has 3 aromatic carbocycles. The number of benzene rings is 3. The van der Waals surface area contributed by atoms with E-state index >= 15 is 0 Å². The van der Waals surface area contributed by atoms with Gasteiger partial charge < -0.3 is 24.4 Å². The zero-order chi connectivity index (χ0) is 36.8. The molecule has 9 nitrogen and oxygen atoms in total. The van der Waals surface area contributed by atoms with E-state index in [4.69, 9.17) is 14.2 Å². The highest BCUT2D eigenvalue weighted by molar-refractivity contribution is 5.87. The van der Waals surface area contributed by atoms with Crippen LogP contribution in [0.1, 0.15) is 81.8 Å². The third-order valence-electron chi connectivity index (χ3n) is 8.81. The van der Waals surface area contributed by atoms with Crippen LogP contribution in [0.15, 0.2) is 66.7 Å². The molecule has 1 aliphatic heterocycles. The lowest BCUT2D eigenvalue weighted by molar-refractivity contribution is -0.157. The molecule has 1 heterocycles. The Morgan fingerprint density at radius 1 is 0.880 bits per heavy atom. The van der Waals surface area contributed by atoms with Crippen molar-refractivity contribution in [2.75, 3.05) is 13.6 Å². The summed E-state index contributed by atoms with van der Waals surface area (Å²) in [5.41, 5.74) is 4.85. The molecule has 9 heteroatoms. The number of amides is 2. The van der Waals surface area contributed by atoms with Crippen LogP contribution < -0.4 is 10.1 Å². The maximum atomic E-state index is 14.9. The van der Waals surface area contributed by atoms with Crippen LogP contribution in [-0.2, 0) is 45.1 Å². The SMILES string of the molecule is Cc1cc(OCc2ccccc2)cc(C)c1CC(C(=O)N1Cc2ccccc2CC1CNC(C)C(=O)OC(C)(C)C)N(C)C(=O)OC(C)(C)C. The fourth-order valence-electron chi connectivity index (χ4n) is 6.15. The van der Waals surface area contributed by atoms with Crippen LogP contribution in [0.25, 0.3) is 0 Å². The van der Waals surface area contributed by atoms with Gasteiger partial charge in [0.05, 0.1) is 0 Å². The van der Waals surface area contributed by atoms with Crippen molar-refractivity contribution < 1.29 is 28.6 Å². The largest absolute Gasteiger partial charge is 0.489 e. The number of carbonyl (C=O) groups excluding carboxylic acids is 3. The molecule has 3 unspecified atom stereocenters. The number of nitrogens with one attached hydrogen (secondary N) is 1. The van der Waals surface area contributed by atoms with E-state index in [9.17, 15) is 14.4 Å². The summed E-state index contributed by atoms with van der Waals surface area (Å²) >= 11 is 0. The number of esters is 1. The summed E-state index contributed by atoms with van der Waals surface area (Å²) in [6.45, 7) is 17.9. The molecule has 0 bridgehead atoms. The van der Waals surface area contributed by atoms with Crippen molar-refractivity contribution in [1.29, 1.82) is 0 Å². The van der Waals surface area contributed by atoms with E-state index in [1.165, 1.54) is 4.90 Å². The lowest BCUT2D eigenvalue weighted by atomic mass is 9.91. The molecule has 0 aliphatic carbocycles. The predicted octanol–water partition coefficient (Wildman–Crippen LogP) is 6.93. The van der Waals surface area contributed by atoms with Gasteiger partial charge in [0.25, 0.3) is 0 Å². The Hall–Kier alpha value is -4.37. The van der Waals surface area contributed by atoms with Gasteiger partial charge >= 0.3 is 12.1 Å². The van der Waals surface area contributed by atoms with Gasteiger partial charge in [0, 0.05) is 32.6 Å². The Morgan fingerprint density at radius 3 is 2.06 bits per heavy atom. The Labute approximate surface area is 298 Å². The first-order valence-corrected chi connectivity index (χ1v) is 17.5. The number of carbonyl (C=O) groups is 3. The molecule has 0 saturated carbocycles. The molecule has 0 spiro atoms. The van der Waals surface area contributed by atoms with Crippen LogP contribution in [0.2, 0.25) is 0 Å². The van der Waals surface area contributed by atoms with Crippen LogP contribution in [0.5, 0.6) is 5.75 Å². The number of rotatable bonds is 11. The molecule has 4 rings (SSSR count). The van der Waals surface area contributed by atoms with Gasteiger partial charge in [0.15, 0.2) is 0 Å². The van der Waals surface area contributed by atoms with Crippen molar-refractivity contribution >= 4 is 18.0 Å². The minimum atomic E-state index is -0.852. The average Bonchev–Trinajstić information content (AvgIpc) is 3.04. The van der Waals surface area contributed by atoms with Gasteiger partial charge in [0.2, 0.25) is 5.91 Å². The van der Waals surface area contributed by atoms with Crippen molar-refractivity contribution in [2.24, 2.45) is 0 Å². The Bertz CT molecular complexity index is 1620. The molecule has 50 heavy (non-hydrogen) atoms. The van der Waals surface area contributed by atoms with Crippen molar-refractivity contribution in [1.82, 2.24) is 15.1 Å².